The molecule has 0 radical (unpaired) electrons. The molecule has 4 aromatic rings. The van der Waals surface area contributed by atoms with Gasteiger partial charge in [0.1, 0.15) is 11.5 Å². The summed E-state index contributed by atoms with van der Waals surface area (Å²) in [6.45, 7) is 6.82. The first-order valence-corrected chi connectivity index (χ1v) is 11.4. The van der Waals surface area contributed by atoms with Crippen LogP contribution in [0.1, 0.15) is 52.4 Å². The second-order valence-electron chi connectivity index (χ2n) is 8.76. The van der Waals surface area contributed by atoms with Crippen molar-refractivity contribution in [2.75, 3.05) is 11.9 Å². The van der Waals surface area contributed by atoms with Crippen molar-refractivity contribution in [2.24, 2.45) is 0 Å². The lowest BCUT2D eigenvalue weighted by molar-refractivity contribution is -0.133. The van der Waals surface area contributed by atoms with Gasteiger partial charge >= 0.3 is 0 Å². The Balaban J connectivity index is 1.45. The van der Waals surface area contributed by atoms with Gasteiger partial charge in [-0.3, -0.25) is 9.59 Å². The summed E-state index contributed by atoms with van der Waals surface area (Å²) in [5.41, 5.74) is 4.33. The van der Waals surface area contributed by atoms with Crippen LogP contribution in [0.25, 0.3) is 22.4 Å². The first-order valence-electron chi connectivity index (χ1n) is 11.4. The number of benzene rings is 1. The summed E-state index contributed by atoms with van der Waals surface area (Å²) in [6, 6.07) is 11.2. The number of carbonyl (C=O) groups excluding carboxylic acids is 2. The highest BCUT2D eigenvalue weighted by Gasteiger charge is 2.22. The zero-order valence-corrected chi connectivity index (χ0v) is 19.5. The number of rotatable bonds is 5. The molecule has 8 nitrogen and oxygen atoms in total. The standard InChI is InChI=1S/C26H26N4O4/c1-15-11-20(17(3)33-15)22-13-21(24-16(2)29-34-26(24)28-22)25(32)27-19-8-6-7-18(12-19)14-30-10-5-4-9-23(30)31/h6-8,11-13H,4-5,9-10,14H2,1-3H3,(H,27,32). The predicted octanol–water partition coefficient (Wildman–Crippen LogP) is 5.17. The maximum absolute atomic E-state index is 13.4. The highest BCUT2D eigenvalue weighted by Crippen LogP contribution is 2.31. The van der Waals surface area contributed by atoms with E-state index in [0.717, 1.165) is 36.3 Å². The molecule has 3 aromatic heterocycles. The average molecular weight is 459 g/mol. The third-order valence-electron chi connectivity index (χ3n) is 6.16. The third kappa shape index (κ3) is 4.19. The van der Waals surface area contributed by atoms with Crippen LogP contribution in [0.4, 0.5) is 5.69 Å². The number of piperidine rings is 1. The van der Waals surface area contributed by atoms with E-state index in [-0.39, 0.29) is 11.8 Å². The van der Waals surface area contributed by atoms with Crippen molar-refractivity contribution < 1.29 is 18.5 Å². The van der Waals surface area contributed by atoms with Crippen LogP contribution >= 0.6 is 0 Å². The van der Waals surface area contributed by atoms with Crippen LogP contribution in [0, 0.1) is 20.8 Å². The van der Waals surface area contributed by atoms with E-state index in [0.29, 0.717) is 52.5 Å². The molecule has 2 amide bonds. The number of amides is 2. The van der Waals surface area contributed by atoms with E-state index in [1.54, 1.807) is 13.0 Å². The second kappa shape index (κ2) is 8.78. The molecule has 174 valence electrons. The molecule has 1 N–H and O–H groups in total. The normalized spacial score (nSPS) is 14.1. The monoisotopic (exact) mass is 458 g/mol. The van der Waals surface area contributed by atoms with Crippen LogP contribution < -0.4 is 5.32 Å². The number of anilines is 1. The van der Waals surface area contributed by atoms with Gasteiger partial charge in [0.15, 0.2) is 0 Å². The van der Waals surface area contributed by atoms with Gasteiger partial charge in [0.05, 0.1) is 22.3 Å². The van der Waals surface area contributed by atoms with E-state index in [4.69, 9.17) is 8.94 Å². The van der Waals surface area contributed by atoms with Crippen molar-refractivity contribution in [2.45, 2.75) is 46.6 Å². The van der Waals surface area contributed by atoms with Gasteiger partial charge in [0.2, 0.25) is 5.91 Å². The summed E-state index contributed by atoms with van der Waals surface area (Å²) in [6.07, 6.45) is 2.58. The topological polar surface area (TPSA) is 101 Å². The summed E-state index contributed by atoms with van der Waals surface area (Å²) in [5.74, 6) is 1.37. The molecule has 34 heavy (non-hydrogen) atoms. The van der Waals surface area contributed by atoms with Crippen LogP contribution in [-0.2, 0) is 11.3 Å². The molecule has 1 saturated heterocycles. The Bertz CT molecular complexity index is 1400. The van der Waals surface area contributed by atoms with E-state index >= 15 is 0 Å². The Kier molecular flexibility index (Phi) is 5.65. The molecule has 1 aromatic carbocycles. The van der Waals surface area contributed by atoms with Crippen LogP contribution in [0.3, 0.4) is 0 Å². The van der Waals surface area contributed by atoms with Gasteiger partial charge in [0, 0.05) is 30.8 Å². The molecule has 0 aliphatic carbocycles. The molecule has 1 aliphatic rings. The van der Waals surface area contributed by atoms with Crippen molar-refractivity contribution in [3.8, 4) is 11.3 Å². The van der Waals surface area contributed by atoms with Gasteiger partial charge in [-0.1, -0.05) is 17.3 Å². The van der Waals surface area contributed by atoms with Gasteiger partial charge in [-0.15, -0.1) is 0 Å². The molecular weight excluding hydrogens is 432 g/mol. The Labute approximate surface area is 196 Å². The minimum Gasteiger partial charge on any atom is -0.466 e. The third-order valence-corrected chi connectivity index (χ3v) is 6.16. The average Bonchev–Trinajstić information content (AvgIpc) is 3.36. The first-order chi connectivity index (χ1) is 16.4. The molecule has 4 heterocycles. The SMILES string of the molecule is Cc1cc(-c2cc(C(=O)Nc3cccc(CN4CCCCC4=O)c3)c3c(C)noc3n2)c(C)o1. The Morgan fingerprint density at radius 2 is 2.00 bits per heavy atom. The number of hydrogen-bond donors (Lipinski definition) is 1. The van der Waals surface area contributed by atoms with E-state index < -0.39 is 0 Å². The smallest absolute Gasteiger partial charge is 0.259 e. The number of fused-ring (bicyclic) bond motifs is 1. The fourth-order valence-electron chi connectivity index (χ4n) is 4.49. The number of likely N-dealkylation sites (tertiary alicyclic amines) is 1. The number of carbonyl (C=O) groups is 2. The fourth-order valence-corrected chi connectivity index (χ4v) is 4.49. The van der Waals surface area contributed by atoms with Crippen LogP contribution in [0.15, 0.2) is 45.3 Å². The molecule has 0 saturated carbocycles. The summed E-state index contributed by atoms with van der Waals surface area (Å²) >= 11 is 0. The maximum atomic E-state index is 13.4. The van der Waals surface area contributed by atoms with Gasteiger partial charge in [0.25, 0.3) is 11.6 Å². The highest BCUT2D eigenvalue weighted by atomic mass is 16.5. The molecule has 1 fully saturated rings. The molecule has 8 heteroatoms. The quantitative estimate of drug-likeness (QED) is 0.443. The minimum absolute atomic E-state index is 0.181. The lowest BCUT2D eigenvalue weighted by Gasteiger charge is -2.26. The summed E-state index contributed by atoms with van der Waals surface area (Å²) < 4.78 is 11.1. The lowest BCUT2D eigenvalue weighted by Crippen LogP contribution is -2.34. The van der Waals surface area contributed by atoms with Crippen molar-refractivity contribution in [3.63, 3.8) is 0 Å². The van der Waals surface area contributed by atoms with Crippen molar-refractivity contribution in [1.29, 1.82) is 0 Å². The van der Waals surface area contributed by atoms with E-state index in [9.17, 15) is 9.59 Å². The second-order valence-corrected chi connectivity index (χ2v) is 8.76. The maximum Gasteiger partial charge on any atom is 0.259 e. The van der Waals surface area contributed by atoms with Crippen molar-refractivity contribution in [3.05, 3.63) is 64.7 Å². The van der Waals surface area contributed by atoms with E-state index in [2.05, 4.69) is 15.5 Å². The zero-order valence-electron chi connectivity index (χ0n) is 19.5. The number of aryl methyl sites for hydroxylation is 3. The van der Waals surface area contributed by atoms with Crippen LogP contribution in [0.2, 0.25) is 0 Å². The molecule has 0 spiro atoms. The Hall–Kier alpha value is -3.94. The molecule has 5 rings (SSSR count). The van der Waals surface area contributed by atoms with E-state index in [1.807, 2.05) is 49.1 Å². The van der Waals surface area contributed by atoms with Gasteiger partial charge in [-0.25, -0.2) is 4.98 Å². The number of nitrogens with one attached hydrogen (secondary N) is 1. The number of nitrogens with zero attached hydrogens (tertiary/aromatic N) is 3. The van der Waals surface area contributed by atoms with Crippen molar-refractivity contribution in [1.82, 2.24) is 15.0 Å². The first kappa shape index (κ1) is 21.9. The summed E-state index contributed by atoms with van der Waals surface area (Å²) in [7, 11) is 0. The molecular formula is C26H26N4O4. The molecule has 0 atom stereocenters. The number of pyridine rings is 1. The van der Waals surface area contributed by atoms with Crippen molar-refractivity contribution >= 4 is 28.6 Å². The predicted molar refractivity (Wildman–Crippen MR) is 127 cm³/mol. The van der Waals surface area contributed by atoms with Gasteiger partial charge in [-0.05, 0) is 63.4 Å². The van der Waals surface area contributed by atoms with Gasteiger partial charge < -0.3 is 19.2 Å². The summed E-state index contributed by atoms with van der Waals surface area (Å²) in [4.78, 5) is 32.0. The Morgan fingerprint density at radius 3 is 2.76 bits per heavy atom. The lowest BCUT2D eigenvalue weighted by atomic mass is 10.0. The van der Waals surface area contributed by atoms with Gasteiger partial charge in [-0.2, -0.15) is 0 Å². The molecule has 0 unspecified atom stereocenters. The number of furan rings is 1. The zero-order chi connectivity index (χ0) is 23.8. The Morgan fingerprint density at radius 1 is 1.15 bits per heavy atom. The highest BCUT2D eigenvalue weighted by molar-refractivity contribution is 6.13. The molecule has 1 aliphatic heterocycles. The van der Waals surface area contributed by atoms with Crippen LogP contribution in [-0.4, -0.2) is 33.4 Å². The largest absolute Gasteiger partial charge is 0.466 e. The number of hydrogen-bond acceptors (Lipinski definition) is 6. The minimum atomic E-state index is -0.288. The fraction of sp³-hybridized carbons (Fsp3) is 0.308. The van der Waals surface area contributed by atoms with E-state index in [1.165, 1.54) is 0 Å². The molecule has 0 bridgehead atoms. The number of aromatic nitrogens is 2. The van der Waals surface area contributed by atoms with Crippen LogP contribution in [0.5, 0.6) is 0 Å². The summed E-state index contributed by atoms with van der Waals surface area (Å²) in [5, 5.41) is 7.59.